The van der Waals surface area contributed by atoms with Crippen molar-refractivity contribution in [3.8, 4) is 11.4 Å². The summed E-state index contributed by atoms with van der Waals surface area (Å²) in [5.74, 6) is 1.02. The van der Waals surface area contributed by atoms with Gasteiger partial charge in [-0.05, 0) is 12.5 Å². The fourth-order valence-electron chi connectivity index (χ4n) is 2.73. The maximum absolute atomic E-state index is 12.3. The first-order valence-electron chi connectivity index (χ1n) is 8.75. The molecule has 1 aromatic heterocycles. The number of rotatable bonds is 8. The van der Waals surface area contributed by atoms with Crippen LogP contribution in [0.1, 0.15) is 18.5 Å². The first-order chi connectivity index (χ1) is 13.2. The van der Waals surface area contributed by atoms with E-state index in [1.807, 2.05) is 72.2 Å². The highest BCUT2D eigenvalue weighted by atomic mass is 32.2. The lowest BCUT2D eigenvalue weighted by Gasteiger charge is -2.14. The van der Waals surface area contributed by atoms with Crippen LogP contribution in [-0.2, 0) is 11.3 Å². The molecular formula is C21H22N4OS. The molecule has 0 saturated heterocycles. The van der Waals surface area contributed by atoms with E-state index in [1.54, 1.807) is 6.08 Å². The lowest BCUT2D eigenvalue weighted by molar-refractivity contribution is -0.119. The summed E-state index contributed by atoms with van der Waals surface area (Å²) in [4.78, 5) is 12.3. The Bertz CT molecular complexity index is 893. The molecule has 1 heterocycles. The molecule has 0 spiro atoms. The Morgan fingerprint density at radius 1 is 1.15 bits per heavy atom. The summed E-state index contributed by atoms with van der Waals surface area (Å²) in [6.07, 6.45) is 1.80. The third-order valence-electron chi connectivity index (χ3n) is 4.07. The van der Waals surface area contributed by atoms with Gasteiger partial charge in [-0.25, -0.2) is 0 Å². The number of allylic oxidation sites excluding steroid dienone is 1. The summed E-state index contributed by atoms with van der Waals surface area (Å²) < 4.78 is 1.97. The largest absolute Gasteiger partial charge is 0.349 e. The van der Waals surface area contributed by atoms with E-state index >= 15 is 0 Å². The number of aromatic nitrogens is 3. The Labute approximate surface area is 163 Å². The van der Waals surface area contributed by atoms with Gasteiger partial charge in [0, 0.05) is 12.1 Å². The molecule has 0 radical (unpaired) electrons. The number of benzene rings is 2. The van der Waals surface area contributed by atoms with Gasteiger partial charge in [-0.2, -0.15) is 0 Å². The molecule has 3 rings (SSSR count). The van der Waals surface area contributed by atoms with Gasteiger partial charge in [0.25, 0.3) is 0 Å². The zero-order valence-electron chi connectivity index (χ0n) is 15.2. The maximum Gasteiger partial charge on any atom is 0.230 e. The van der Waals surface area contributed by atoms with E-state index in [-0.39, 0.29) is 17.7 Å². The van der Waals surface area contributed by atoms with Crippen LogP contribution in [-0.4, -0.2) is 26.4 Å². The highest BCUT2D eigenvalue weighted by molar-refractivity contribution is 7.99. The minimum Gasteiger partial charge on any atom is -0.349 e. The normalized spacial score (nSPS) is 11.7. The zero-order chi connectivity index (χ0) is 19.1. The van der Waals surface area contributed by atoms with Crippen LogP contribution in [0.4, 0.5) is 0 Å². The summed E-state index contributed by atoms with van der Waals surface area (Å²) >= 11 is 1.38. The molecule has 0 fully saturated rings. The second kappa shape index (κ2) is 9.19. The van der Waals surface area contributed by atoms with Crippen molar-refractivity contribution >= 4 is 17.7 Å². The van der Waals surface area contributed by atoms with E-state index in [2.05, 4.69) is 22.1 Å². The number of nitrogens with one attached hydrogen (secondary N) is 1. The summed E-state index contributed by atoms with van der Waals surface area (Å²) in [6.45, 7) is 6.38. The molecule has 27 heavy (non-hydrogen) atoms. The average molecular weight is 379 g/mol. The summed E-state index contributed by atoms with van der Waals surface area (Å²) in [5.41, 5.74) is 2.07. The lowest BCUT2D eigenvalue weighted by atomic mass is 10.1. The van der Waals surface area contributed by atoms with Gasteiger partial charge in [-0.15, -0.1) is 16.8 Å². The van der Waals surface area contributed by atoms with Crippen molar-refractivity contribution in [2.24, 2.45) is 0 Å². The first-order valence-corrected chi connectivity index (χ1v) is 9.74. The van der Waals surface area contributed by atoms with Crippen molar-refractivity contribution in [2.45, 2.75) is 24.7 Å². The van der Waals surface area contributed by atoms with Crippen molar-refractivity contribution in [3.05, 3.63) is 78.9 Å². The predicted octanol–water partition coefficient (Wildman–Crippen LogP) is 4.10. The van der Waals surface area contributed by atoms with Crippen molar-refractivity contribution in [3.63, 3.8) is 0 Å². The number of nitrogens with zero attached hydrogens (tertiary/aromatic N) is 3. The Kier molecular flexibility index (Phi) is 6.44. The van der Waals surface area contributed by atoms with Gasteiger partial charge < -0.3 is 5.32 Å². The molecule has 3 aromatic rings. The van der Waals surface area contributed by atoms with Crippen LogP contribution < -0.4 is 5.32 Å². The summed E-state index contributed by atoms with van der Waals surface area (Å²) in [6, 6.07) is 19.8. The van der Waals surface area contributed by atoms with Gasteiger partial charge in [0.1, 0.15) is 0 Å². The van der Waals surface area contributed by atoms with Crippen molar-refractivity contribution in [2.75, 3.05) is 5.75 Å². The summed E-state index contributed by atoms with van der Waals surface area (Å²) in [5, 5.41) is 12.3. The van der Waals surface area contributed by atoms with E-state index in [4.69, 9.17) is 0 Å². The molecule has 5 nitrogen and oxygen atoms in total. The average Bonchev–Trinajstić information content (AvgIpc) is 3.10. The number of carbonyl (C=O) groups excluding carboxylic acids is 1. The SMILES string of the molecule is C=CCn1c(SCC(=O)N[C@@H](C)c2ccccc2)nnc1-c1ccccc1. The van der Waals surface area contributed by atoms with Crippen molar-refractivity contribution < 1.29 is 4.79 Å². The highest BCUT2D eigenvalue weighted by Crippen LogP contribution is 2.24. The second-order valence-corrected chi connectivity index (χ2v) is 7.00. The molecule has 2 aromatic carbocycles. The second-order valence-electron chi connectivity index (χ2n) is 6.06. The van der Waals surface area contributed by atoms with Gasteiger partial charge in [-0.3, -0.25) is 9.36 Å². The minimum absolute atomic E-state index is 0.0363. The Morgan fingerprint density at radius 3 is 2.48 bits per heavy atom. The van der Waals surface area contributed by atoms with Crippen molar-refractivity contribution in [1.82, 2.24) is 20.1 Å². The summed E-state index contributed by atoms with van der Waals surface area (Å²) in [7, 11) is 0. The molecule has 1 atom stereocenters. The quantitative estimate of drug-likeness (QED) is 0.474. The number of amides is 1. The Hall–Kier alpha value is -2.86. The monoisotopic (exact) mass is 378 g/mol. The van der Waals surface area contributed by atoms with Crippen LogP contribution in [0.25, 0.3) is 11.4 Å². The van der Waals surface area contributed by atoms with Crippen LogP contribution >= 0.6 is 11.8 Å². The molecule has 1 N–H and O–H groups in total. The van der Waals surface area contributed by atoms with Crippen LogP contribution in [0.5, 0.6) is 0 Å². The number of hydrogen-bond acceptors (Lipinski definition) is 4. The molecule has 0 bridgehead atoms. The third kappa shape index (κ3) is 4.86. The standard InChI is InChI=1S/C21H22N4OS/c1-3-14-25-20(18-12-8-5-9-13-18)23-24-21(25)27-15-19(26)22-16(2)17-10-6-4-7-11-17/h3-13,16H,1,14-15H2,2H3,(H,22,26)/t16-/m0/s1. The van der Waals surface area contributed by atoms with E-state index < -0.39 is 0 Å². The van der Waals surface area contributed by atoms with E-state index in [9.17, 15) is 4.79 Å². The van der Waals surface area contributed by atoms with E-state index in [0.717, 1.165) is 17.0 Å². The van der Waals surface area contributed by atoms with E-state index in [1.165, 1.54) is 11.8 Å². The van der Waals surface area contributed by atoms with E-state index in [0.29, 0.717) is 11.7 Å². The van der Waals surface area contributed by atoms with Gasteiger partial charge in [0.15, 0.2) is 11.0 Å². The molecule has 6 heteroatoms. The molecular weight excluding hydrogens is 356 g/mol. The number of carbonyl (C=O) groups is 1. The van der Waals surface area contributed by atoms with Gasteiger partial charge in [0.2, 0.25) is 5.91 Å². The number of hydrogen-bond donors (Lipinski definition) is 1. The van der Waals surface area contributed by atoms with Crippen LogP contribution in [0.3, 0.4) is 0 Å². The molecule has 0 aliphatic carbocycles. The molecule has 0 aliphatic heterocycles. The number of thioether (sulfide) groups is 1. The molecule has 138 valence electrons. The lowest BCUT2D eigenvalue weighted by Crippen LogP contribution is -2.28. The fraction of sp³-hybridized carbons (Fsp3) is 0.190. The van der Waals surface area contributed by atoms with Crippen LogP contribution in [0.2, 0.25) is 0 Å². The highest BCUT2D eigenvalue weighted by Gasteiger charge is 2.15. The fourth-order valence-corrected chi connectivity index (χ4v) is 3.49. The van der Waals surface area contributed by atoms with Crippen LogP contribution in [0.15, 0.2) is 78.5 Å². The van der Waals surface area contributed by atoms with Crippen molar-refractivity contribution in [1.29, 1.82) is 0 Å². The van der Waals surface area contributed by atoms with Crippen LogP contribution in [0, 0.1) is 0 Å². The van der Waals surface area contributed by atoms with Gasteiger partial charge in [0.05, 0.1) is 11.8 Å². The predicted molar refractivity (Wildman–Crippen MR) is 109 cm³/mol. The first kappa shape index (κ1) is 18.9. The topological polar surface area (TPSA) is 59.8 Å². The molecule has 0 saturated carbocycles. The molecule has 0 aliphatic rings. The Morgan fingerprint density at radius 2 is 1.81 bits per heavy atom. The smallest absolute Gasteiger partial charge is 0.230 e. The Balaban J connectivity index is 1.66. The minimum atomic E-state index is -0.0368. The zero-order valence-corrected chi connectivity index (χ0v) is 16.0. The maximum atomic E-state index is 12.3. The third-order valence-corrected chi connectivity index (χ3v) is 5.04. The molecule has 0 unspecified atom stereocenters. The van der Waals surface area contributed by atoms with Gasteiger partial charge in [-0.1, -0.05) is 78.5 Å². The molecule has 1 amide bonds. The van der Waals surface area contributed by atoms with Gasteiger partial charge >= 0.3 is 0 Å².